The molecule has 164 valence electrons. The highest BCUT2D eigenvalue weighted by atomic mass is 16.4. The second-order valence-electron chi connectivity index (χ2n) is 5.96. The molecule has 0 aliphatic rings. The molecular weight excluding hydrogens is 394 g/mol. The average molecular weight is 419 g/mol. The van der Waals surface area contributed by atoms with Gasteiger partial charge in [-0.1, -0.05) is 0 Å². The summed E-state index contributed by atoms with van der Waals surface area (Å²) in [5.74, 6) is -6.10. The van der Waals surface area contributed by atoms with Gasteiger partial charge in [-0.3, -0.25) is 24.0 Å². The molecule has 3 unspecified atom stereocenters. The van der Waals surface area contributed by atoms with Crippen LogP contribution in [0.15, 0.2) is 0 Å². The van der Waals surface area contributed by atoms with Crippen molar-refractivity contribution >= 4 is 35.6 Å². The normalized spacial score (nSPS) is 13.4. The Morgan fingerprint density at radius 2 is 1.45 bits per heavy atom. The van der Waals surface area contributed by atoms with E-state index >= 15 is 0 Å². The summed E-state index contributed by atoms with van der Waals surface area (Å²) >= 11 is 0. The van der Waals surface area contributed by atoms with Crippen molar-refractivity contribution in [2.75, 3.05) is 13.2 Å². The van der Waals surface area contributed by atoms with Crippen LogP contribution in [0.2, 0.25) is 0 Å². The van der Waals surface area contributed by atoms with Crippen LogP contribution in [0.1, 0.15) is 25.7 Å². The Kier molecular flexibility index (Phi) is 11.5. The molecule has 14 nitrogen and oxygen atoms in total. The Hall–Kier alpha value is -3.26. The van der Waals surface area contributed by atoms with Gasteiger partial charge in [-0.25, -0.2) is 4.79 Å². The maximum Gasteiger partial charge on any atom is 0.326 e. The summed E-state index contributed by atoms with van der Waals surface area (Å²) < 4.78 is 0. The molecule has 0 saturated heterocycles. The van der Waals surface area contributed by atoms with Crippen molar-refractivity contribution < 1.29 is 44.1 Å². The molecule has 0 fully saturated rings. The summed E-state index contributed by atoms with van der Waals surface area (Å²) in [5.41, 5.74) is 10.3. The third-order valence-electron chi connectivity index (χ3n) is 3.55. The number of hydrogen-bond donors (Lipinski definition) is 8. The van der Waals surface area contributed by atoms with E-state index in [0.29, 0.717) is 0 Å². The van der Waals surface area contributed by atoms with E-state index in [2.05, 4.69) is 16.0 Å². The quantitative estimate of drug-likeness (QED) is 0.134. The Morgan fingerprint density at radius 1 is 0.862 bits per heavy atom. The monoisotopic (exact) mass is 419 g/mol. The van der Waals surface area contributed by atoms with Crippen molar-refractivity contribution in [2.24, 2.45) is 11.5 Å². The lowest BCUT2D eigenvalue weighted by molar-refractivity contribution is -0.143. The number of aliphatic hydroxyl groups is 1. The fourth-order valence-corrected chi connectivity index (χ4v) is 1.98. The third-order valence-corrected chi connectivity index (χ3v) is 3.55. The van der Waals surface area contributed by atoms with Gasteiger partial charge in [0, 0.05) is 12.8 Å². The fourth-order valence-electron chi connectivity index (χ4n) is 1.98. The number of primary amides is 1. The molecule has 0 rings (SSSR count). The Labute approximate surface area is 165 Å². The first-order valence-electron chi connectivity index (χ1n) is 8.44. The fraction of sp³-hybridized carbons (Fsp3) is 0.600. The number of carboxylic acid groups (broad SMARTS) is 2. The Balaban J connectivity index is 4.82. The first-order valence-corrected chi connectivity index (χ1v) is 8.44. The molecular formula is C15H25N5O9. The predicted octanol–water partition coefficient (Wildman–Crippen LogP) is -4.39. The number of aliphatic hydroxyl groups excluding tert-OH is 1. The van der Waals surface area contributed by atoms with Crippen LogP contribution in [-0.4, -0.2) is 82.2 Å². The van der Waals surface area contributed by atoms with E-state index in [1.54, 1.807) is 0 Å². The molecule has 29 heavy (non-hydrogen) atoms. The van der Waals surface area contributed by atoms with E-state index in [1.165, 1.54) is 0 Å². The second-order valence-corrected chi connectivity index (χ2v) is 5.96. The summed E-state index contributed by atoms with van der Waals surface area (Å²) in [6.07, 6.45) is -1.32. The highest BCUT2D eigenvalue weighted by molar-refractivity contribution is 5.93. The zero-order valence-corrected chi connectivity index (χ0v) is 15.4. The molecule has 4 amide bonds. The lowest BCUT2D eigenvalue weighted by atomic mass is 10.1. The molecule has 0 radical (unpaired) electrons. The van der Waals surface area contributed by atoms with Gasteiger partial charge in [0.2, 0.25) is 23.6 Å². The molecule has 0 aromatic carbocycles. The lowest BCUT2D eigenvalue weighted by Crippen LogP contribution is -2.54. The van der Waals surface area contributed by atoms with Crippen molar-refractivity contribution in [1.29, 1.82) is 0 Å². The van der Waals surface area contributed by atoms with Gasteiger partial charge >= 0.3 is 11.9 Å². The first-order chi connectivity index (χ1) is 13.5. The number of nitrogens with one attached hydrogen (secondary N) is 3. The van der Waals surface area contributed by atoms with E-state index in [9.17, 15) is 28.8 Å². The molecule has 0 aromatic rings. The molecule has 3 atom stereocenters. The summed E-state index contributed by atoms with van der Waals surface area (Å²) in [6, 6.07) is -4.07. The van der Waals surface area contributed by atoms with Crippen molar-refractivity contribution in [3.05, 3.63) is 0 Å². The number of nitrogens with two attached hydrogens (primary N) is 2. The zero-order chi connectivity index (χ0) is 22.6. The van der Waals surface area contributed by atoms with Gasteiger partial charge in [-0.2, -0.15) is 0 Å². The second kappa shape index (κ2) is 13.0. The first kappa shape index (κ1) is 25.7. The van der Waals surface area contributed by atoms with Gasteiger partial charge in [0.05, 0.1) is 13.2 Å². The number of carboxylic acids is 2. The Morgan fingerprint density at radius 3 is 1.93 bits per heavy atom. The molecule has 0 aliphatic heterocycles. The Bertz CT molecular complexity index is 640. The van der Waals surface area contributed by atoms with E-state index in [4.69, 9.17) is 26.8 Å². The molecule has 0 bridgehead atoms. The molecule has 0 aromatic heterocycles. The third kappa shape index (κ3) is 11.2. The molecule has 0 spiro atoms. The average Bonchev–Trinajstić information content (AvgIpc) is 2.64. The van der Waals surface area contributed by atoms with E-state index in [1.807, 2.05) is 0 Å². The van der Waals surface area contributed by atoms with Crippen LogP contribution in [0.3, 0.4) is 0 Å². The minimum Gasteiger partial charge on any atom is -0.481 e. The van der Waals surface area contributed by atoms with Gasteiger partial charge < -0.3 is 42.7 Å². The topological polar surface area (TPSA) is 251 Å². The molecule has 0 aliphatic carbocycles. The zero-order valence-electron chi connectivity index (χ0n) is 15.4. The minimum absolute atomic E-state index is 0.205. The minimum atomic E-state index is -1.47. The number of carbonyl (C=O) groups excluding carboxylic acids is 4. The summed E-state index contributed by atoms with van der Waals surface area (Å²) in [7, 11) is 0. The number of rotatable bonds is 14. The smallest absolute Gasteiger partial charge is 0.326 e. The maximum absolute atomic E-state index is 12.2. The van der Waals surface area contributed by atoms with Gasteiger partial charge in [0.1, 0.15) is 18.1 Å². The van der Waals surface area contributed by atoms with Gasteiger partial charge in [0.25, 0.3) is 0 Å². The number of hydrogen-bond acceptors (Lipinski definition) is 8. The largest absolute Gasteiger partial charge is 0.481 e. The standard InChI is InChI=1S/C15H25N5O9/c16-7(6-21)13(26)20-8(1-3-10(17)22)14(27)18-5-11(23)19-9(15(28)29)2-4-12(24)25/h7-9,21H,1-6,16H2,(H2,17,22)(H,18,27)(H,19,23)(H,20,26)(H,24,25)(H,28,29). The van der Waals surface area contributed by atoms with Crippen LogP contribution in [-0.2, 0) is 28.8 Å². The SMILES string of the molecule is NC(=O)CCC(NC(=O)C(N)CO)C(=O)NCC(=O)NC(CCC(=O)O)C(=O)O. The van der Waals surface area contributed by atoms with Crippen molar-refractivity contribution in [2.45, 2.75) is 43.8 Å². The van der Waals surface area contributed by atoms with E-state index < -0.39 is 73.3 Å². The van der Waals surface area contributed by atoms with Crippen molar-refractivity contribution in [3.8, 4) is 0 Å². The van der Waals surface area contributed by atoms with Crippen LogP contribution in [0.4, 0.5) is 0 Å². The van der Waals surface area contributed by atoms with Crippen molar-refractivity contribution in [1.82, 2.24) is 16.0 Å². The molecule has 0 saturated carbocycles. The highest BCUT2D eigenvalue weighted by Gasteiger charge is 2.25. The van der Waals surface area contributed by atoms with Crippen LogP contribution < -0.4 is 27.4 Å². The molecule has 10 N–H and O–H groups in total. The molecule has 14 heteroatoms. The van der Waals surface area contributed by atoms with E-state index in [-0.39, 0.29) is 19.3 Å². The van der Waals surface area contributed by atoms with Gasteiger partial charge in [-0.15, -0.1) is 0 Å². The number of aliphatic carboxylic acids is 2. The molecule has 0 heterocycles. The van der Waals surface area contributed by atoms with Gasteiger partial charge in [0.15, 0.2) is 0 Å². The van der Waals surface area contributed by atoms with Crippen LogP contribution in [0.5, 0.6) is 0 Å². The maximum atomic E-state index is 12.2. The lowest BCUT2D eigenvalue weighted by Gasteiger charge is -2.20. The van der Waals surface area contributed by atoms with E-state index in [0.717, 1.165) is 0 Å². The van der Waals surface area contributed by atoms with Crippen molar-refractivity contribution in [3.63, 3.8) is 0 Å². The van der Waals surface area contributed by atoms with Crippen LogP contribution >= 0.6 is 0 Å². The predicted molar refractivity (Wildman–Crippen MR) is 94.9 cm³/mol. The van der Waals surface area contributed by atoms with Crippen LogP contribution in [0.25, 0.3) is 0 Å². The summed E-state index contributed by atoms with van der Waals surface area (Å²) in [6.45, 7) is -1.37. The van der Waals surface area contributed by atoms with Crippen LogP contribution in [0, 0.1) is 0 Å². The van der Waals surface area contributed by atoms with Gasteiger partial charge in [-0.05, 0) is 12.8 Å². The summed E-state index contributed by atoms with van der Waals surface area (Å²) in [4.78, 5) is 68.2. The summed E-state index contributed by atoms with van der Waals surface area (Å²) in [5, 5.41) is 32.8. The number of amides is 4. The number of carbonyl (C=O) groups is 6. The highest BCUT2D eigenvalue weighted by Crippen LogP contribution is 2.00.